The van der Waals surface area contributed by atoms with Crippen molar-refractivity contribution in [3.05, 3.63) is 0 Å². The third kappa shape index (κ3) is 2.97. The zero-order valence-corrected chi connectivity index (χ0v) is 14.2. The second-order valence-electron chi connectivity index (χ2n) is 7.95. The zero-order valence-electron chi connectivity index (χ0n) is 13.2. The van der Waals surface area contributed by atoms with Crippen LogP contribution in [0.3, 0.4) is 0 Å². The second kappa shape index (κ2) is 5.32. The molecule has 3 heteroatoms. The zero-order chi connectivity index (χ0) is 14.3. The summed E-state index contributed by atoms with van der Waals surface area (Å²) in [5.74, 6) is 1.46. The van der Waals surface area contributed by atoms with Gasteiger partial charge in [-0.3, -0.25) is 0 Å². The van der Waals surface area contributed by atoms with Crippen LogP contribution in [0.25, 0.3) is 0 Å². The summed E-state index contributed by atoms with van der Waals surface area (Å²) in [6, 6.07) is 0. The van der Waals surface area contributed by atoms with Crippen molar-refractivity contribution >= 4 is 14.6 Å². The minimum atomic E-state index is -1.46. The minimum Gasteiger partial charge on any atom is -0.414 e. The largest absolute Gasteiger partial charge is 0.414 e. The molecule has 19 heavy (non-hydrogen) atoms. The molecule has 2 nitrogen and oxygen atoms in total. The molecule has 2 aliphatic rings. The Balaban J connectivity index is 2.16. The molecule has 110 valence electrons. The molecule has 0 bridgehead atoms. The molecule has 0 aromatic rings. The molecule has 2 rings (SSSR count). The van der Waals surface area contributed by atoms with Gasteiger partial charge in [0.25, 0.3) is 0 Å². The summed E-state index contributed by atoms with van der Waals surface area (Å²) in [7, 11) is -1.46. The smallest absolute Gasteiger partial charge is 0.184 e. The van der Waals surface area contributed by atoms with Crippen LogP contribution < -0.4 is 0 Å². The van der Waals surface area contributed by atoms with Gasteiger partial charge in [0.1, 0.15) is 6.29 Å². The monoisotopic (exact) mass is 282 g/mol. The van der Waals surface area contributed by atoms with E-state index in [2.05, 4.69) is 33.5 Å². The normalized spacial score (nSPS) is 40.8. The van der Waals surface area contributed by atoms with E-state index in [9.17, 15) is 4.79 Å². The summed E-state index contributed by atoms with van der Waals surface area (Å²) >= 11 is 0. The Morgan fingerprint density at radius 1 is 1.26 bits per heavy atom. The number of carbonyl (C=O) groups is 1. The fraction of sp³-hybridized carbons (Fsp3) is 0.938. The highest BCUT2D eigenvalue weighted by Gasteiger charge is 2.53. The average molecular weight is 282 g/mol. The van der Waals surface area contributed by atoms with Crippen LogP contribution in [-0.2, 0) is 9.22 Å². The van der Waals surface area contributed by atoms with E-state index in [0.717, 1.165) is 0 Å². The number of aldehydes is 1. The van der Waals surface area contributed by atoms with Crippen molar-refractivity contribution in [3.63, 3.8) is 0 Å². The Hall–Kier alpha value is -0.153. The van der Waals surface area contributed by atoms with Gasteiger partial charge in [-0.2, -0.15) is 0 Å². The molecule has 0 radical (unpaired) electrons. The van der Waals surface area contributed by atoms with Crippen LogP contribution in [0.1, 0.15) is 46.0 Å². The molecule has 0 aliphatic heterocycles. The van der Waals surface area contributed by atoms with Gasteiger partial charge in [-0.05, 0) is 62.6 Å². The lowest BCUT2D eigenvalue weighted by molar-refractivity contribution is -0.114. The van der Waals surface area contributed by atoms with E-state index in [4.69, 9.17) is 4.43 Å². The van der Waals surface area contributed by atoms with Gasteiger partial charge in [0, 0.05) is 12.0 Å². The lowest BCUT2D eigenvalue weighted by Crippen LogP contribution is -2.46. The molecule has 0 aromatic carbocycles. The standard InChI is InChI=1S/C16H30O2Si/c1-12(11-17)13-8-9-14-15(18-19(3,4)5)7-6-10-16(13,14)2/h11-15H,6-10H2,1-5H3. The second-order valence-corrected chi connectivity index (χ2v) is 12.4. The molecule has 0 saturated heterocycles. The molecule has 5 atom stereocenters. The number of carbonyl (C=O) groups excluding carboxylic acids is 1. The molecule has 0 heterocycles. The maximum atomic E-state index is 11.2. The van der Waals surface area contributed by atoms with Crippen molar-refractivity contribution in [2.45, 2.75) is 71.7 Å². The molecule has 2 aliphatic carbocycles. The van der Waals surface area contributed by atoms with Gasteiger partial charge >= 0.3 is 0 Å². The first kappa shape index (κ1) is 15.2. The summed E-state index contributed by atoms with van der Waals surface area (Å²) < 4.78 is 6.47. The molecule has 2 saturated carbocycles. The van der Waals surface area contributed by atoms with E-state index < -0.39 is 8.32 Å². The highest BCUT2D eigenvalue weighted by atomic mass is 28.4. The van der Waals surface area contributed by atoms with Crippen LogP contribution in [0.5, 0.6) is 0 Å². The number of hydrogen-bond donors (Lipinski definition) is 0. The molecule has 0 amide bonds. The van der Waals surface area contributed by atoms with E-state index >= 15 is 0 Å². The van der Waals surface area contributed by atoms with Gasteiger partial charge in [0.05, 0.1) is 0 Å². The van der Waals surface area contributed by atoms with Gasteiger partial charge in [-0.1, -0.05) is 20.3 Å². The summed E-state index contributed by atoms with van der Waals surface area (Å²) in [4.78, 5) is 11.2. The van der Waals surface area contributed by atoms with E-state index in [1.54, 1.807) is 0 Å². The van der Waals surface area contributed by atoms with Gasteiger partial charge in [0.15, 0.2) is 8.32 Å². The number of fused-ring (bicyclic) bond motifs is 1. The first-order chi connectivity index (χ1) is 8.78. The summed E-state index contributed by atoms with van der Waals surface area (Å²) in [5, 5.41) is 0. The minimum absolute atomic E-state index is 0.209. The van der Waals surface area contributed by atoms with Crippen molar-refractivity contribution in [3.8, 4) is 0 Å². The Morgan fingerprint density at radius 2 is 1.95 bits per heavy atom. The first-order valence-electron chi connectivity index (χ1n) is 7.91. The average Bonchev–Trinajstić information content (AvgIpc) is 2.64. The molecular weight excluding hydrogens is 252 g/mol. The van der Waals surface area contributed by atoms with Crippen LogP contribution >= 0.6 is 0 Å². The van der Waals surface area contributed by atoms with Gasteiger partial charge in [-0.15, -0.1) is 0 Å². The van der Waals surface area contributed by atoms with Gasteiger partial charge < -0.3 is 9.22 Å². The topological polar surface area (TPSA) is 26.3 Å². The predicted molar refractivity (Wildman–Crippen MR) is 81.6 cm³/mol. The molecule has 2 fully saturated rings. The molecule has 0 spiro atoms. The van der Waals surface area contributed by atoms with Crippen LogP contribution in [0.4, 0.5) is 0 Å². The van der Waals surface area contributed by atoms with Crippen molar-refractivity contribution in [2.24, 2.45) is 23.2 Å². The maximum Gasteiger partial charge on any atom is 0.184 e. The van der Waals surface area contributed by atoms with Gasteiger partial charge in [-0.25, -0.2) is 0 Å². The summed E-state index contributed by atoms with van der Waals surface area (Å²) in [6.07, 6.45) is 7.88. The SMILES string of the molecule is CC(C=O)C1CCC2C(O[Si](C)(C)C)CCCC12C. The number of rotatable bonds is 4. The lowest BCUT2D eigenvalue weighted by atomic mass is 9.62. The molecular formula is C16H30O2Si. The fourth-order valence-corrected chi connectivity index (χ4v) is 5.90. The highest BCUT2D eigenvalue weighted by Crippen LogP contribution is 2.58. The van der Waals surface area contributed by atoms with Crippen molar-refractivity contribution < 1.29 is 9.22 Å². The Morgan fingerprint density at radius 3 is 2.53 bits per heavy atom. The first-order valence-corrected chi connectivity index (χ1v) is 11.3. The van der Waals surface area contributed by atoms with E-state index in [0.29, 0.717) is 23.4 Å². The Bertz CT molecular complexity index is 336. The third-order valence-corrected chi connectivity index (χ3v) is 6.50. The fourth-order valence-electron chi connectivity index (χ4n) is 4.71. The quantitative estimate of drug-likeness (QED) is 0.569. The summed E-state index contributed by atoms with van der Waals surface area (Å²) in [6.45, 7) is 11.4. The molecule has 5 unspecified atom stereocenters. The van der Waals surface area contributed by atoms with Crippen LogP contribution in [-0.4, -0.2) is 20.7 Å². The Kier molecular flexibility index (Phi) is 4.27. The van der Waals surface area contributed by atoms with Crippen molar-refractivity contribution in [1.29, 1.82) is 0 Å². The van der Waals surface area contributed by atoms with Crippen molar-refractivity contribution in [1.82, 2.24) is 0 Å². The Labute approximate surface area is 119 Å². The summed E-state index contributed by atoms with van der Waals surface area (Å²) in [5.41, 5.74) is 0.336. The number of hydrogen-bond acceptors (Lipinski definition) is 2. The van der Waals surface area contributed by atoms with E-state index in [1.807, 2.05) is 0 Å². The predicted octanol–water partition coefficient (Wildman–Crippen LogP) is 4.26. The third-order valence-electron chi connectivity index (χ3n) is 5.49. The molecule has 0 N–H and O–H groups in total. The maximum absolute atomic E-state index is 11.2. The van der Waals surface area contributed by atoms with Gasteiger partial charge in [0.2, 0.25) is 0 Å². The van der Waals surface area contributed by atoms with Crippen LogP contribution in [0, 0.1) is 23.2 Å². The van der Waals surface area contributed by atoms with E-state index in [-0.39, 0.29) is 5.92 Å². The van der Waals surface area contributed by atoms with Crippen LogP contribution in [0.2, 0.25) is 19.6 Å². The van der Waals surface area contributed by atoms with E-state index in [1.165, 1.54) is 38.4 Å². The molecule has 0 aromatic heterocycles. The lowest BCUT2D eigenvalue weighted by Gasteiger charge is -2.47. The van der Waals surface area contributed by atoms with Crippen LogP contribution in [0.15, 0.2) is 0 Å². The van der Waals surface area contributed by atoms with Crippen molar-refractivity contribution in [2.75, 3.05) is 0 Å². The highest BCUT2D eigenvalue weighted by molar-refractivity contribution is 6.69.